The van der Waals surface area contributed by atoms with Crippen molar-refractivity contribution in [3.63, 3.8) is 0 Å². The lowest BCUT2D eigenvalue weighted by Crippen LogP contribution is -2.45. The van der Waals surface area contributed by atoms with Gasteiger partial charge in [-0.25, -0.2) is 13.1 Å². The summed E-state index contributed by atoms with van der Waals surface area (Å²) in [5.41, 5.74) is 0. The van der Waals surface area contributed by atoms with E-state index in [1.165, 1.54) is 17.8 Å². The summed E-state index contributed by atoms with van der Waals surface area (Å²) in [4.78, 5) is 1.46. The molecule has 0 radical (unpaired) electrons. The Morgan fingerprint density at radius 2 is 2.19 bits per heavy atom. The summed E-state index contributed by atoms with van der Waals surface area (Å²) in [6.45, 7) is 4.34. The first-order valence-electron chi connectivity index (χ1n) is 7.34. The zero-order chi connectivity index (χ0) is 15.3. The first kappa shape index (κ1) is 17.3. The maximum absolute atomic E-state index is 12.3. The number of hydrogen-bond donors (Lipinski definition) is 2. The van der Waals surface area contributed by atoms with Gasteiger partial charge in [0, 0.05) is 28.1 Å². The van der Waals surface area contributed by atoms with E-state index in [9.17, 15) is 8.42 Å². The van der Waals surface area contributed by atoms with Gasteiger partial charge in [0.15, 0.2) is 0 Å². The van der Waals surface area contributed by atoms with E-state index in [-0.39, 0.29) is 4.75 Å². The van der Waals surface area contributed by atoms with Crippen LogP contribution >= 0.6 is 23.1 Å². The third-order valence-corrected chi connectivity index (χ3v) is 7.83. The molecule has 0 aliphatic heterocycles. The van der Waals surface area contributed by atoms with Crippen molar-refractivity contribution >= 4 is 33.1 Å². The molecule has 120 valence electrons. The van der Waals surface area contributed by atoms with Crippen molar-refractivity contribution in [3.05, 3.63) is 16.3 Å². The Balaban J connectivity index is 1.93. The van der Waals surface area contributed by atoms with Gasteiger partial charge in [0.25, 0.3) is 0 Å². The predicted octanol–water partition coefficient (Wildman–Crippen LogP) is 2.81. The largest absolute Gasteiger partial charge is 0.312 e. The second kappa shape index (κ2) is 7.46. The summed E-state index contributed by atoms with van der Waals surface area (Å²) in [6, 6.07) is 1.78. The van der Waals surface area contributed by atoms with Gasteiger partial charge in [-0.3, -0.25) is 0 Å². The first-order valence-corrected chi connectivity index (χ1v) is 10.9. The van der Waals surface area contributed by atoms with Crippen LogP contribution in [0.2, 0.25) is 0 Å². The molecule has 7 heteroatoms. The summed E-state index contributed by atoms with van der Waals surface area (Å²) >= 11 is 3.28. The molecular formula is C14H24N2O2S3. The summed E-state index contributed by atoms with van der Waals surface area (Å²) in [7, 11) is -3.37. The highest BCUT2D eigenvalue weighted by Crippen LogP contribution is 2.42. The van der Waals surface area contributed by atoms with Crippen molar-refractivity contribution < 1.29 is 8.42 Å². The average Bonchev–Trinajstić information content (AvgIpc) is 2.88. The lowest BCUT2D eigenvalue weighted by Gasteiger charge is -2.40. The summed E-state index contributed by atoms with van der Waals surface area (Å²) in [6.07, 6.45) is 6.55. The molecule has 4 nitrogen and oxygen atoms in total. The zero-order valence-corrected chi connectivity index (χ0v) is 15.1. The van der Waals surface area contributed by atoms with E-state index < -0.39 is 10.0 Å². The number of rotatable bonds is 9. The van der Waals surface area contributed by atoms with Gasteiger partial charge in [-0.05, 0) is 38.1 Å². The van der Waals surface area contributed by atoms with Crippen LogP contribution in [0.4, 0.5) is 0 Å². The molecule has 0 unspecified atom stereocenters. The van der Waals surface area contributed by atoms with E-state index in [1.807, 2.05) is 0 Å². The molecule has 0 aromatic carbocycles. The van der Waals surface area contributed by atoms with Gasteiger partial charge in [-0.2, -0.15) is 11.8 Å². The fourth-order valence-electron chi connectivity index (χ4n) is 2.32. The van der Waals surface area contributed by atoms with Gasteiger partial charge < -0.3 is 5.32 Å². The van der Waals surface area contributed by atoms with Crippen molar-refractivity contribution in [1.29, 1.82) is 0 Å². The molecule has 2 N–H and O–H groups in total. The molecule has 1 aromatic rings. The smallest absolute Gasteiger partial charge is 0.241 e. The van der Waals surface area contributed by atoms with Crippen LogP contribution in [0.3, 0.4) is 0 Å². The van der Waals surface area contributed by atoms with E-state index in [0.717, 1.165) is 37.2 Å². The van der Waals surface area contributed by atoms with Gasteiger partial charge in [-0.1, -0.05) is 13.3 Å². The molecule has 1 aromatic heterocycles. The molecule has 0 bridgehead atoms. The van der Waals surface area contributed by atoms with Gasteiger partial charge in [0.05, 0.1) is 4.90 Å². The molecule has 0 saturated heterocycles. The molecule has 2 rings (SSSR count). The summed E-state index contributed by atoms with van der Waals surface area (Å²) < 4.78 is 27.6. The van der Waals surface area contributed by atoms with Gasteiger partial charge >= 0.3 is 0 Å². The number of thioether (sulfide) groups is 1. The summed E-state index contributed by atoms with van der Waals surface area (Å²) in [5, 5.41) is 5.03. The van der Waals surface area contributed by atoms with Crippen LogP contribution < -0.4 is 10.0 Å². The van der Waals surface area contributed by atoms with Crippen LogP contribution in [0.5, 0.6) is 0 Å². The minimum absolute atomic E-state index is 0.120. The van der Waals surface area contributed by atoms with Crippen LogP contribution in [-0.2, 0) is 16.6 Å². The van der Waals surface area contributed by atoms with Gasteiger partial charge in [-0.15, -0.1) is 11.3 Å². The Hall–Kier alpha value is -0.0800. The Kier molecular flexibility index (Phi) is 6.14. The Morgan fingerprint density at radius 1 is 1.43 bits per heavy atom. The second-order valence-corrected chi connectivity index (χ2v) is 9.53. The topological polar surface area (TPSA) is 58.2 Å². The highest BCUT2D eigenvalue weighted by atomic mass is 32.2. The van der Waals surface area contributed by atoms with Crippen molar-refractivity contribution in [2.24, 2.45) is 0 Å². The van der Waals surface area contributed by atoms with Crippen molar-refractivity contribution in [2.45, 2.75) is 48.8 Å². The molecule has 0 atom stereocenters. The molecule has 1 aliphatic carbocycles. The molecule has 0 spiro atoms. The first-order chi connectivity index (χ1) is 10.0. The molecular weight excluding hydrogens is 324 g/mol. The number of sulfonamides is 1. The molecule has 1 fully saturated rings. The minimum Gasteiger partial charge on any atom is -0.312 e. The Bertz CT molecular complexity index is 545. The lowest BCUT2D eigenvalue weighted by molar-refractivity contribution is 0.362. The third-order valence-electron chi connectivity index (χ3n) is 3.95. The number of thiophene rings is 1. The normalized spacial score (nSPS) is 17.6. The van der Waals surface area contributed by atoms with Crippen LogP contribution in [0, 0.1) is 0 Å². The van der Waals surface area contributed by atoms with Crippen molar-refractivity contribution in [1.82, 2.24) is 10.0 Å². The molecule has 1 saturated carbocycles. The third kappa shape index (κ3) is 4.45. The lowest BCUT2D eigenvalue weighted by atomic mass is 9.84. The monoisotopic (exact) mass is 348 g/mol. The maximum atomic E-state index is 12.3. The fraction of sp³-hybridized carbons (Fsp3) is 0.714. The summed E-state index contributed by atoms with van der Waals surface area (Å²) in [5.74, 6) is 0. The molecule has 0 amide bonds. The van der Waals surface area contributed by atoms with E-state index in [0.29, 0.717) is 11.4 Å². The van der Waals surface area contributed by atoms with E-state index in [1.54, 1.807) is 23.2 Å². The van der Waals surface area contributed by atoms with Crippen LogP contribution in [0.15, 0.2) is 16.3 Å². The van der Waals surface area contributed by atoms with Crippen molar-refractivity contribution in [2.75, 3.05) is 19.3 Å². The molecule has 21 heavy (non-hydrogen) atoms. The highest BCUT2D eigenvalue weighted by Gasteiger charge is 2.37. The van der Waals surface area contributed by atoms with Crippen LogP contribution in [-0.4, -0.2) is 32.5 Å². The second-order valence-electron chi connectivity index (χ2n) is 5.49. The standard InChI is InChI=1S/C14H24N2O2S3/c1-3-7-15-9-12-8-13(10-20-12)21(17,18)16-11-14(19-2)5-4-6-14/h8,10,15-16H,3-7,9,11H2,1-2H3. The van der Waals surface area contributed by atoms with E-state index in [2.05, 4.69) is 23.2 Å². The SMILES string of the molecule is CCCNCc1cc(S(=O)(=O)NCC2(SC)CCC2)cs1. The number of nitrogens with one attached hydrogen (secondary N) is 2. The van der Waals surface area contributed by atoms with Gasteiger partial charge in [0.2, 0.25) is 10.0 Å². The molecule has 1 aliphatic rings. The van der Waals surface area contributed by atoms with Crippen LogP contribution in [0.1, 0.15) is 37.5 Å². The Labute approximate surface area is 136 Å². The zero-order valence-electron chi connectivity index (χ0n) is 12.6. The minimum atomic E-state index is -3.37. The Morgan fingerprint density at radius 3 is 2.76 bits per heavy atom. The van der Waals surface area contributed by atoms with E-state index >= 15 is 0 Å². The van der Waals surface area contributed by atoms with Crippen molar-refractivity contribution in [3.8, 4) is 0 Å². The van der Waals surface area contributed by atoms with Crippen LogP contribution in [0.25, 0.3) is 0 Å². The quantitative estimate of drug-likeness (QED) is 0.674. The number of hydrogen-bond acceptors (Lipinski definition) is 5. The average molecular weight is 349 g/mol. The molecule has 1 heterocycles. The maximum Gasteiger partial charge on any atom is 0.241 e. The van der Waals surface area contributed by atoms with E-state index in [4.69, 9.17) is 0 Å². The van der Waals surface area contributed by atoms with Gasteiger partial charge in [0.1, 0.15) is 0 Å². The predicted molar refractivity (Wildman–Crippen MR) is 91.6 cm³/mol. The highest BCUT2D eigenvalue weighted by molar-refractivity contribution is 8.00. The fourth-order valence-corrected chi connectivity index (χ4v) is 5.69.